The maximum absolute atomic E-state index is 12.2. The minimum atomic E-state index is -0.729. The third-order valence-electron chi connectivity index (χ3n) is 3.50. The van der Waals surface area contributed by atoms with Crippen LogP contribution in [-0.4, -0.2) is 48.6 Å². The first-order chi connectivity index (χ1) is 10.5. The fourth-order valence-corrected chi connectivity index (χ4v) is 2.35. The maximum Gasteiger partial charge on any atom is 0.414 e. The van der Waals surface area contributed by atoms with E-state index in [-0.39, 0.29) is 23.8 Å². The van der Waals surface area contributed by atoms with Gasteiger partial charge in [0.1, 0.15) is 6.54 Å². The van der Waals surface area contributed by atoms with E-state index in [9.17, 15) is 19.7 Å². The number of nitrogens with zero attached hydrogens (tertiary/aromatic N) is 3. The first-order valence-electron chi connectivity index (χ1n) is 6.90. The Bertz CT molecular complexity index is 584. The van der Waals surface area contributed by atoms with Crippen molar-refractivity contribution in [2.75, 3.05) is 31.6 Å². The number of amides is 2. The molecule has 1 saturated heterocycles. The number of anilines is 1. The Morgan fingerprint density at radius 1 is 1.36 bits per heavy atom. The van der Waals surface area contributed by atoms with Crippen molar-refractivity contribution in [3.05, 3.63) is 34.4 Å². The van der Waals surface area contributed by atoms with Crippen LogP contribution in [0.3, 0.4) is 0 Å². The van der Waals surface area contributed by atoms with Crippen LogP contribution in [0.4, 0.5) is 16.2 Å². The molecule has 0 unspecified atom stereocenters. The maximum atomic E-state index is 12.2. The standard InChI is InChI=1S/C14H17N3O5/c1-22-14(19)16(10-13(18)15-7-2-3-8-15)11-5-4-6-12(9-11)17(20)21/h4-6,9H,2-3,7-8,10H2,1H3. The monoisotopic (exact) mass is 307 g/mol. The van der Waals surface area contributed by atoms with Gasteiger partial charge in [0.05, 0.1) is 17.7 Å². The predicted octanol–water partition coefficient (Wildman–Crippen LogP) is 1.79. The Morgan fingerprint density at radius 3 is 2.64 bits per heavy atom. The number of rotatable bonds is 4. The number of methoxy groups -OCH3 is 1. The molecule has 1 fully saturated rings. The molecule has 0 atom stereocenters. The van der Waals surface area contributed by atoms with Gasteiger partial charge < -0.3 is 9.64 Å². The molecule has 2 rings (SSSR count). The summed E-state index contributed by atoms with van der Waals surface area (Å²) in [4.78, 5) is 37.2. The lowest BCUT2D eigenvalue weighted by atomic mass is 10.2. The topological polar surface area (TPSA) is 93.0 Å². The molecule has 0 bridgehead atoms. The van der Waals surface area contributed by atoms with Crippen molar-refractivity contribution in [1.82, 2.24) is 4.90 Å². The van der Waals surface area contributed by atoms with Gasteiger partial charge in [-0.05, 0) is 18.9 Å². The van der Waals surface area contributed by atoms with Crippen LogP contribution in [0.2, 0.25) is 0 Å². The molecule has 0 N–H and O–H groups in total. The first kappa shape index (κ1) is 15.7. The van der Waals surface area contributed by atoms with Crippen LogP contribution in [0, 0.1) is 10.1 Å². The van der Waals surface area contributed by atoms with Gasteiger partial charge in [-0.2, -0.15) is 0 Å². The third-order valence-corrected chi connectivity index (χ3v) is 3.50. The number of hydrogen-bond donors (Lipinski definition) is 0. The van der Waals surface area contributed by atoms with Crippen molar-refractivity contribution in [2.45, 2.75) is 12.8 Å². The molecule has 8 nitrogen and oxygen atoms in total. The van der Waals surface area contributed by atoms with Crippen molar-refractivity contribution in [3.8, 4) is 0 Å². The molecule has 2 amide bonds. The zero-order valence-corrected chi connectivity index (χ0v) is 12.2. The highest BCUT2D eigenvalue weighted by Gasteiger charge is 2.25. The van der Waals surface area contributed by atoms with Gasteiger partial charge in [-0.1, -0.05) is 6.07 Å². The summed E-state index contributed by atoms with van der Waals surface area (Å²) in [5.41, 5.74) is 0.105. The number of ether oxygens (including phenoxy) is 1. The molecule has 0 radical (unpaired) electrons. The SMILES string of the molecule is COC(=O)N(CC(=O)N1CCCC1)c1cccc([N+](=O)[O-])c1. The van der Waals surface area contributed by atoms with E-state index >= 15 is 0 Å². The van der Waals surface area contributed by atoms with Crippen LogP contribution < -0.4 is 4.90 Å². The summed E-state index contributed by atoms with van der Waals surface area (Å²) in [5, 5.41) is 10.8. The molecule has 8 heteroatoms. The second-order valence-electron chi connectivity index (χ2n) is 4.92. The third kappa shape index (κ3) is 3.51. The minimum Gasteiger partial charge on any atom is -0.452 e. The zero-order chi connectivity index (χ0) is 16.1. The Morgan fingerprint density at radius 2 is 2.05 bits per heavy atom. The fourth-order valence-electron chi connectivity index (χ4n) is 2.35. The molecular weight excluding hydrogens is 290 g/mol. The van der Waals surface area contributed by atoms with Crippen LogP contribution in [0.5, 0.6) is 0 Å². The van der Waals surface area contributed by atoms with E-state index in [4.69, 9.17) is 0 Å². The van der Waals surface area contributed by atoms with Crippen molar-refractivity contribution in [2.24, 2.45) is 0 Å². The molecular formula is C14H17N3O5. The van der Waals surface area contributed by atoms with E-state index in [0.29, 0.717) is 13.1 Å². The number of benzene rings is 1. The van der Waals surface area contributed by atoms with E-state index in [1.165, 1.54) is 31.4 Å². The summed E-state index contributed by atoms with van der Waals surface area (Å²) in [6.45, 7) is 1.14. The lowest BCUT2D eigenvalue weighted by molar-refractivity contribution is -0.384. The Balaban J connectivity index is 2.22. The quantitative estimate of drug-likeness (QED) is 0.624. The number of non-ortho nitro benzene ring substituents is 1. The van der Waals surface area contributed by atoms with Gasteiger partial charge in [0.15, 0.2) is 0 Å². The molecule has 0 saturated carbocycles. The van der Waals surface area contributed by atoms with Gasteiger partial charge in [0, 0.05) is 25.2 Å². The van der Waals surface area contributed by atoms with Gasteiger partial charge in [-0.25, -0.2) is 4.79 Å². The van der Waals surface area contributed by atoms with Gasteiger partial charge in [-0.3, -0.25) is 19.8 Å². The van der Waals surface area contributed by atoms with Gasteiger partial charge >= 0.3 is 6.09 Å². The summed E-state index contributed by atoms with van der Waals surface area (Å²) in [6.07, 6.45) is 1.16. The summed E-state index contributed by atoms with van der Waals surface area (Å²) in [5.74, 6) is -0.200. The zero-order valence-electron chi connectivity index (χ0n) is 12.2. The van der Waals surface area contributed by atoms with E-state index in [2.05, 4.69) is 4.74 Å². The minimum absolute atomic E-state index is 0.153. The molecule has 118 valence electrons. The van der Waals surface area contributed by atoms with Gasteiger partial charge in [0.2, 0.25) is 5.91 Å². The highest BCUT2D eigenvalue weighted by Crippen LogP contribution is 2.22. The fraction of sp³-hybridized carbons (Fsp3) is 0.429. The lowest BCUT2D eigenvalue weighted by Crippen LogP contribution is -2.42. The van der Waals surface area contributed by atoms with Crippen LogP contribution in [-0.2, 0) is 9.53 Å². The van der Waals surface area contributed by atoms with Crippen molar-refractivity contribution in [1.29, 1.82) is 0 Å². The molecule has 0 spiro atoms. The number of carbonyl (C=O) groups is 2. The van der Waals surface area contributed by atoms with Crippen LogP contribution in [0.25, 0.3) is 0 Å². The first-order valence-corrected chi connectivity index (χ1v) is 6.90. The molecule has 1 aromatic carbocycles. The average Bonchev–Trinajstić information content (AvgIpc) is 3.06. The van der Waals surface area contributed by atoms with E-state index in [1.807, 2.05) is 0 Å². The van der Waals surface area contributed by atoms with Crippen LogP contribution in [0.1, 0.15) is 12.8 Å². The van der Waals surface area contributed by atoms with Crippen molar-refractivity contribution >= 4 is 23.4 Å². The molecule has 22 heavy (non-hydrogen) atoms. The number of nitro groups is 1. The van der Waals surface area contributed by atoms with Crippen LogP contribution >= 0.6 is 0 Å². The Labute approximate surface area is 127 Å². The number of hydrogen-bond acceptors (Lipinski definition) is 5. The van der Waals surface area contributed by atoms with Gasteiger partial charge in [0.25, 0.3) is 5.69 Å². The average molecular weight is 307 g/mol. The number of likely N-dealkylation sites (tertiary alicyclic amines) is 1. The van der Waals surface area contributed by atoms with Crippen molar-refractivity contribution < 1.29 is 19.2 Å². The smallest absolute Gasteiger partial charge is 0.414 e. The lowest BCUT2D eigenvalue weighted by Gasteiger charge is -2.23. The number of nitro benzene ring substituents is 1. The molecule has 1 heterocycles. The highest BCUT2D eigenvalue weighted by molar-refractivity contribution is 5.95. The molecule has 1 aromatic rings. The molecule has 1 aliphatic heterocycles. The Hall–Kier alpha value is -2.64. The summed E-state index contributed by atoms with van der Waals surface area (Å²) < 4.78 is 4.68. The molecule has 0 aliphatic carbocycles. The number of carbonyl (C=O) groups excluding carboxylic acids is 2. The van der Waals surface area contributed by atoms with Gasteiger partial charge in [-0.15, -0.1) is 0 Å². The normalized spacial score (nSPS) is 13.8. The second-order valence-corrected chi connectivity index (χ2v) is 4.92. The van der Waals surface area contributed by atoms with E-state index in [0.717, 1.165) is 17.7 Å². The summed E-state index contributed by atoms with van der Waals surface area (Å²) in [7, 11) is 1.20. The molecule has 0 aromatic heterocycles. The second kappa shape index (κ2) is 6.88. The molecule has 1 aliphatic rings. The summed E-state index contributed by atoms with van der Waals surface area (Å²) >= 11 is 0. The van der Waals surface area contributed by atoms with E-state index in [1.54, 1.807) is 4.90 Å². The van der Waals surface area contributed by atoms with Crippen LogP contribution in [0.15, 0.2) is 24.3 Å². The highest BCUT2D eigenvalue weighted by atomic mass is 16.6. The Kier molecular flexibility index (Phi) is 4.92. The summed E-state index contributed by atoms with van der Waals surface area (Å²) in [6, 6.07) is 5.56. The van der Waals surface area contributed by atoms with Crippen molar-refractivity contribution in [3.63, 3.8) is 0 Å². The van der Waals surface area contributed by atoms with E-state index < -0.39 is 11.0 Å². The predicted molar refractivity (Wildman–Crippen MR) is 78.7 cm³/mol. The largest absolute Gasteiger partial charge is 0.452 e.